The van der Waals surface area contributed by atoms with Gasteiger partial charge in [-0.05, 0) is 72.2 Å². The molecule has 2 atom stereocenters. The van der Waals surface area contributed by atoms with Crippen molar-refractivity contribution in [3.8, 4) is 0 Å². The summed E-state index contributed by atoms with van der Waals surface area (Å²) in [5.41, 5.74) is 0.131. The Balaban J connectivity index is 2.43. The van der Waals surface area contributed by atoms with Gasteiger partial charge >= 0.3 is 5.97 Å². The summed E-state index contributed by atoms with van der Waals surface area (Å²) in [6.07, 6.45) is 0.331. The molecule has 1 amide bonds. The van der Waals surface area contributed by atoms with Gasteiger partial charge in [0.2, 0.25) is 0 Å². The summed E-state index contributed by atoms with van der Waals surface area (Å²) < 4.78 is 6.27. The molecule has 4 nitrogen and oxygen atoms in total. The van der Waals surface area contributed by atoms with E-state index in [2.05, 4.69) is 53.8 Å². The first-order valence-electron chi connectivity index (χ1n) is 11.8. The maximum atomic E-state index is 13.2. The van der Waals surface area contributed by atoms with Gasteiger partial charge in [-0.2, -0.15) is 0 Å². The van der Waals surface area contributed by atoms with Crippen molar-refractivity contribution >= 4 is 35.1 Å². The molecule has 0 bridgehead atoms. The number of esters is 1. The molecule has 0 saturated heterocycles. The second-order valence-electron chi connectivity index (χ2n) is 10.8. The SMILES string of the molecule is CC(C)CC(CNC(=O)c1ccc(Cl)cc1)(C(C)C)C(OC(=O)c1ccc(Cl)cc1)C(C)(C)C. The lowest BCUT2D eigenvalue weighted by atomic mass is 9.61. The Morgan fingerprint density at radius 2 is 1.32 bits per heavy atom. The highest BCUT2D eigenvalue weighted by molar-refractivity contribution is 6.31. The van der Waals surface area contributed by atoms with E-state index in [9.17, 15) is 9.59 Å². The highest BCUT2D eigenvalue weighted by Crippen LogP contribution is 2.46. The fourth-order valence-electron chi connectivity index (χ4n) is 4.64. The van der Waals surface area contributed by atoms with Crippen molar-refractivity contribution in [3.05, 3.63) is 69.7 Å². The molecular formula is C28H37Cl2NO3. The van der Waals surface area contributed by atoms with Gasteiger partial charge in [-0.1, -0.05) is 71.7 Å². The number of halogens is 2. The summed E-state index contributed by atoms with van der Waals surface area (Å²) >= 11 is 12.0. The standard InChI is InChI=1S/C28H37Cl2NO3/c1-18(2)16-28(19(3)4,17-31-24(32)20-8-12-22(29)13-9-20)26(27(5,6)7)34-25(33)21-10-14-23(30)15-11-21/h8-15,18-19,26H,16-17H2,1-7H3,(H,31,32). The van der Waals surface area contributed by atoms with Crippen molar-refractivity contribution in [2.24, 2.45) is 22.7 Å². The van der Waals surface area contributed by atoms with Gasteiger partial charge in [0.15, 0.2) is 0 Å². The molecule has 0 aliphatic carbocycles. The van der Waals surface area contributed by atoms with Crippen molar-refractivity contribution in [2.75, 3.05) is 6.54 Å². The average molecular weight is 507 g/mol. The Morgan fingerprint density at radius 3 is 1.74 bits per heavy atom. The number of hydrogen-bond acceptors (Lipinski definition) is 3. The van der Waals surface area contributed by atoms with E-state index in [1.807, 2.05) is 0 Å². The van der Waals surface area contributed by atoms with Crippen LogP contribution >= 0.6 is 23.2 Å². The number of nitrogens with one attached hydrogen (secondary N) is 1. The van der Waals surface area contributed by atoms with Gasteiger partial charge in [0, 0.05) is 27.6 Å². The normalized spacial score (nSPS) is 14.6. The van der Waals surface area contributed by atoms with Crippen molar-refractivity contribution < 1.29 is 14.3 Å². The molecule has 0 heterocycles. The Kier molecular flexibility index (Phi) is 9.62. The van der Waals surface area contributed by atoms with Crippen molar-refractivity contribution in [1.29, 1.82) is 0 Å². The van der Waals surface area contributed by atoms with E-state index in [-0.39, 0.29) is 17.2 Å². The molecule has 1 N–H and O–H groups in total. The summed E-state index contributed by atoms with van der Waals surface area (Å²) in [5.74, 6) is -0.117. The average Bonchev–Trinajstić information content (AvgIpc) is 2.74. The third-order valence-corrected chi connectivity index (χ3v) is 6.74. The van der Waals surface area contributed by atoms with Crippen LogP contribution in [-0.2, 0) is 4.74 Å². The predicted octanol–water partition coefficient (Wildman–Crippen LogP) is 7.68. The van der Waals surface area contributed by atoms with E-state index in [0.29, 0.717) is 33.6 Å². The van der Waals surface area contributed by atoms with Crippen LogP contribution in [0.5, 0.6) is 0 Å². The Labute approximate surface area is 214 Å². The van der Waals surface area contributed by atoms with E-state index in [1.165, 1.54) is 0 Å². The van der Waals surface area contributed by atoms with Gasteiger partial charge in [0.25, 0.3) is 5.91 Å². The number of carbonyl (C=O) groups excluding carboxylic acids is 2. The molecule has 2 aromatic carbocycles. The van der Waals surface area contributed by atoms with Crippen LogP contribution in [0, 0.1) is 22.7 Å². The number of carbonyl (C=O) groups is 2. The lowest BCUT2D eigenvalue weighted by Gasteiger charge is -2.49. The molecule has 6 heteroatoms. The number of ether oxygens (including phenoxy) is 1. The second-order valence-corrected chi connectivity index (χ2v) is 11.7. The van der Waals surface area contributed by atoms with Gasteiger partial charge < -0.3 is 10.1 Å². The van der Waals surface area contributed by atoms with Crippen LogP contribution < -0.4 is 5.32 Å². The summed E-state index contributed by atoms with van der Waals surface area (Å²) in [6, 6.07) is 13.5. The van der Waals surface area contributed by atoms with Crippen LogP contribution in [0.2, 0.25) is 10.0 Å². The van der Waals surface area contributed by atoms with Gasteiger partial charge in [0.05, 0.1) is 5.56 Å². The predicted molar refractivity (Wildman–Crippen MR) is 141 cm³/mol. The van der Waals surface area contributed by atoms with E-state index >= 15 is 0 Å². The Hall–Kier alpha value is -2.04. The minimum Gasteiger partial charge on any atom is -0.458 e. The molecule has 34 heavy (non-hydrogen) atoms. The van der Waals surface area contributed by atoms with Gasteiger partial charge in [0.1, 0.15) is 6.10 Å². The monoisotopic (exact) mass is 505 g/mol. The zero-order valence-electron chi connectivity index (χ0n) is 21.2. The smallest absolute Gasteiger partial charge is 0.338 e. The molecule has 186 valence electrons. The van der Waals surface area contributed by atoms with E-state index in [0.717, 1.165) is 6.42 Å². The first kappa shape index (κ1) is 28.2. The summed E-state index contributed by atoms with van der Waals surface area (Å²) in [5, 5.41) is 4.27. The minimum absolute atomic E-state index is 0.127. The van der Waals surface area contributed by atoms with Crippen LogP contribution in [0.4, 0.5) is 0 Å². The molecule has 0 fully saturated rings. The quantitative estimate of drug-likeness (QED) is 0.355. The van der Waals surface area contributed by atoms with Crippen LogP contribution in [-0.4, -0.2) is 24.5 Å². The molecule has 0 aromatic heterocycles. The highest BCUT2D eigenvalue weighted by Gasteiger charge is 2.50. The Bertz CT molecular complexity index is 963. The molecule has 2 aromatic rings. The number of amides is 1. The molecule has 0 spiro atoms. The zero-order chi connectivity index (χ0) is 25.7. The fraction of sp³-hybridized carbons (Fsp3) is 0.500. The minimum atomic E-state index is -0.489. The van der Waals surface area contributed by atoms with Gasteiger partial charge in [-0.3, -0.25) is 4.79 Å². The largest absolute Gasteiger partial charge is 0.458 e. The molecule has 0 radical (unpaired) electrons. The van der Waals surface area contributed by atoms with Gasteiger partial charge in [-0.15, -0.1) is 0 Å². The van der Waals surface area contributed by atoms with E-state index < -0.39 is 17.5 Å². The molecule has 0 aliphatic rings. The topological polar surface area (TPSA) is 55.4 Å². The summed E-state index contributed by atoms with van der Waals surface area (Å²) in [7, 11) is 0. The molecule has 0 aliphatic heterocycles. The van der Waals surface area contributed by atoms with Crippen LogP contribution in [0.25, 0.3) is 0 Å². The van der Waals surface area contributed by atoms with Crippen LogP contribution in [0.15, 0.2) is 48.5 Å². The maximum Gasteiger partial charge on any atom is 0.338 e. The molecule has 2 rings (SSSR count). The fourth-order valence-corrected chi connectivity index (χ4v) is 4.89. The second kappa shape index (κ2) is 11.6. The first-order chi connectivity index (χ1) is 15.8. The lowest BCUT2D eigenvalue weighted by Crippen LogP contribution is -2.55. The third kappa shape index (κ3) is 7.23. The zero-order valence-corrected chi connectivity index (χ0v) is 22.8. The third-order valence-electron chi connectivity index (χ3n) is 6.24. The maximum absolute atomic E-state index is 13.2. The lowest BCUT2D eigenvalue weighted by molar-refractivity contribution is -0.0967. The van der Waals surface area contributed by atoms with Crippen LogP contribution in [0.1, 0.15) is 75.6 Å². The number of benzene rings is 2. The summed E-state index contributed by atoms with van der Waals surface area (Å²) in [4.78, 5) is 26.2. The molecule has 0 saturated carbocycles. The van der Waals surface area contributed by atoms with Crippen molar-refractivity contribution in [1.82, 2.24) is 5.32 Å². The van der Waals surface area contributed by atoms with E-state index in [1.54, 1.807) is 48.5 Å². The number of hydrogen-bond donors (Lipinski definition) is 1. The first-order valence-corrected chi connectivity index (χ1v) is 12.5. The molecular weight excluding hydrogens is 469 g/mol. The summed E-state index contributed by atoms with van der Waals surface area (Å²) in [6.45, 7) is 15.2. The molecule has 2 unspecified atom stereocenters. The highest BCUT2D eigenvalue weighted by atomic mass is 35.5. The van der Waals surface area contributed by atoms with Crippen LogP contribution in [0.3, 0.4) is 0 Å². The van der Waals surface area contributed by atoms with E-state index in [4.69, 9.17) is 27.9 Å². The van der Waals surface area contributed by atoms with Crippen molar-refractivity contribution in [2.45, 2.75) is 61.0 Å². The Morgan fingerprint density at radius 1 is 0.853 bits per heavy atom. The number of rotatable bonds is 9. The van der Waals surface area contributed by atoms with Crippen molar-refractivity contribution in [3.63, 3.8) is 0 Å². The van der Waals surface area contributed by atoms with Gasteiger partial charge in [-0.25, -0.2) is 4.79 Å².